The van der Waals surface area contributed by atoms with Crippen molar-refractivity contribution in [1.82, 2.24) is 4.90 Å². The summed E-state index contributed by atoms with van der Waals surface area (Å²) < 4.78 is 0. The van der Waals surface area contributed by atoms with Gasteiger partial charge in [0.25, 0.3) is 0 Å². The van der Waals surface area contributed by atoms with Crippen LogP contribution in [0.25, 0.3) is 0 Å². The maximum atomic E-state index is 9.20. The topological polar surface area (TPSA) is 27.0 Å². The number of hydrogen-bond donors (Lipinski definition) is 0. The van der Waals surface area contributed by atoms with Gasteiger partial charge in [0.1, 0.15) is 0 Å². The van der Waals surface area contributed by atoms with Crippen LogP contribution >= 0.6 is 0 Å². The van der Waals surface area contributed by atoms with Gasteiger partial charge in [-0.3, -0.25) is 0 Å². The van der Waals surface area contributed by atoms with Crippen molar-refractivity contribution in [1.29, 1.82) is 5.26 Å². The fourth-order valence-electron chi connectivity index (χ4n) is 2.45. The Kier molecular flexibility index (Phi) is 6.32. The standard InChI is InChI=1S/C17H24N2/c1-4-8-16(5-2)9-7-12-19-13-10-17(6-3,15-18)11-14-19/h4-6,8H,1-3,7,9-14H2/b16-8+. The maximum Gasteiger partial charge on any atom is 0.0775 e. The van der Waals surface area contributed by atoms with Crippen molar-refractivity contribution in [2.75, 3.05) is 19.6 Å². The molecule has 0 spiro atoms. The van der Waals surface area contributed by atoms with Gasteiger partial charge in [-0.25, -0.2) is 0 Å². The van der Waals surface area contributed by atoms with Crippen LogP contribution in [0.4, 0.5) is 0 Å². The monoisotopic (exact) mass is 256 g/mol. The highest BCUT2D eigenvalue weighted by Gasteiger charge is 2.31. The number of nitriles is 1. The molecule has 1 aliphatic rings. The molecular weight excluding hydrogens is 232 g/mol. The summed E-state index contributed by atoms with van der Waals surface area (Å²) in [5, 5.41) is 9.20. The van der Waals surface area contributed by atoms with E-state index < -0.39 is 0 Å². The van der Waals surface area contributed by atoms with Crippen LogP contribution in [0, 0.1) is 16.7 Å². The molecule has 0 aromatic heterocycles. The van der Waals surface area contributed by atoms with E-state index in [4.69, 9.17) is 0 Å². The third-order valence-electron chi connectivity index (χ3n) is 3.90. The molecule has 0 bridgehead atoms. The van der Waals surface area contributed by atoms with Crippen molar-refractivity contribution < 1.29 is 0 Å². The lowest BCUT2D eigenvalue weighted by atomic mass is 9.80. The number of hydrogen-bond acceptors (Lipinski definition) is 2. The summed E-state index contributed by atoms with van der Waals surface area (Å²) in [6.07, 6.45) is 11.5. The van der Waals surface area contributed by atoms with Gasteiger partial charge in [0, 0.05) is 0 Å². The molecule has 102 valence electrons. The Balaban J connectivity index is 2.33. The van der Waals surface area contributed by atoms with E-state index in [1.807, 2.05) is 24.3 Å². The molecule has 0 unspecified atom stereocenters. The summed E-state index contributed by atoms with van der Waals surface area (Å²) in [5.41, 5.74) is 0.954. The largest absolute Gasteiger partial charge is 0.303 e. The number of nitrogens with zero attached hydrogens (tertiary/aromatic N) is 2. The minimum atomic E-state index is -0.286. The lowest BCUT2D eigenvalue weighted by Crippen LogP contribution is -2.38. The summed E-state index contributed by atoms with van der Waals surface area (Å²) in [4.78, 5) is 2.44. The third-order valence-corrected chi connectivity index (χ3v) is 3.90. The average molecular weight is 256 g/mol. The minimum absolute atomic E-state index is 0.286. The van der Waals surface area contributed by atoms with Gasteiger partial charge < -0.3 is 4.90 Å². The van der Waals surface area contributed by atoms with Crippen molar-refractivity contribution in [3.05, 3.63) is 49.6 Å². The molecule has 2 heteroatoms. The summed E-state index contributed by atoms with van der Waals surface area (Å²) in [6, 6.07) is 2.41. The number of allylic oxidation sites excluding steroid dienone is 5. The second kappa shape index (κ2) is 7.76. The Bertz CT molecular complexity index is 390. The highest BCUT2D eigenvalue weighted by molar-refractivity contribution is 5.20. The molecule has 0 amide bonds. The van der Waals surface area contributed by atoms with Crippen molar-refractivity contribution in [3.8, 4) is 6.07 Å². The van der Waals surface area contributed by atoms with Crippen LogP contribution in [0.1, 0.15) is 25.7 Å². The van der Waals surface area contributed by atoms with Crippen LogP contribution in [0.3, 0.4) is 0 Å². The molecule has 0 atom stereocenters. The van der Waals surface area contributed by atoms with Gasteiger partial charge >= 0.3 is 0 Å². The molecule has 1 saturated heterocycles. The van der Waals surface area contributed by atoms with Gasteiger partial charge in [-0.05, 0) is 50.9 Å². The van der Waals surface area contributed by atoms with Crippen LogP contribution in [0.2, 0.25) is 0 Å². The van der Waals surface area contributed by atoms with Gasteiger partial charge in [0.2, 0.25) is 0 Å². The van der Waals surface area contributed by atoms with Crippen molar-refractivity contribution in [2.24, 2.45) is 5.41 Å². The first-order chi connectivity index (χ1) is 9.19. The Hall–Kier alpha value is -1.59. The average Bonchev–Trinajstić information content (AvgIpc) is 2.47. The molecule has 1 fully saturated rings. The van der Waals surface area contributed by atoms with Gasteiger partial charge in [-0.1, -0.05) is 37.5 Å². The molecule has 19 heavy (non-hydrogen) atoms. The predicted octanol–water partition coefficient (Wildman–Crippen LogP) is 3.86. The predicted molar refractivity (Wildman–Crippen MR) is 81.6 cm³/mol. The first-order valence-corrected chi connectivity index (χ1v) is 6.91. The molecule has 0 N–H and O–H groups in total. The van der Waals surface area contributed by atoms with E-state index in [0.717, 1.165) is 45.3 Å². The lowest BCUT2D eigenvalue weighted by molar-refractivity contribution is 0.171. The van der Waals surface area contributed by atoms with E-state index in [2.05, 4.69) is 30.7 Å². The first-order valence-electron chi connectivity index (χ1n) is 6.91. The number of rotatable bonds is 7. The van der Waals surface area contributed by atoms with Crippen LogP contribution in [0.5, 0.6) is 0 Å². The summed E-state index contributed by atoms with van der Waals surface area (Å²) >= 11 is 0. The van der Waals surface area contributed by atoms with E-state index in [9.17, 15) is 5.26 Å². The summed E-state index contributed by atoms with van der Waals surface area (Å²) in [7, 11) is 0. The molecule has 0 aromatic rings. The van der Waals surface area contributed by atoms with Gasteiger partial charge in [-0.2, -0.15) is 5.26 Å². The van der Waals surface area contributed by atoms with Crippen LogP contribution in [-0.4, -0.2) is 24.5 Å². The summed E-state index contributed by atoms with van der Waals surface area (Å²) in [6.45, 7) is 14.4. The zero-order valence-electron chi connectivity index (χ0n) is 11.8. The molecule has 2 nitrogen and oxygen atoms in total. The fraction of sp³-hybridized carbons (Fsp3) is 0.471. The molecule has 1 rings (SSSR count). The normalized spacial score (nSPS) is 19.4. The smallest absolute Gasteiger partial charge is 0.0775 e. The van der Waals surface area contributed by atoms with Crippen molar-refractivity contribution in [3.63, 3.8) is 0 Å². The first kappa shape index (κ1) is 15.5. The maximum absolute atomic E-state index is 9.20. The van der Waals surface area contributed by atoms with Crippen LogP contribution in [0.15, 0.2) is 49.6 Å². The minimum Gasteiger partial charge on any atom is -0.303 e. The van der Waals surface area contributed by atoms with Crippen LogP contribution in [-0.2, 0) is 0 Å². The third kappa shape index (κ3) is 4.54. The molecule has 1 aliphatic heterocycles. The molecule has 0 saturated carbocycles. The molecule has 0 aliphatic carbocycles. The van der Waals surface area contributed by atoms with Gasteiger partial charge in [0.05, 0.1) is 11.5 Å². The quantitative estimate of drug-likeness (QED) is 0.511. The Morgan fingerprint density at radius 3 is 2.42 bits per heavy atom. The van der Waals surface area contributed by atoms with Gasteiger partial charge in [0.15, 0.2) is 0 Å². The van der Waals surface area contributed by atoms with Crippen LogP contribution < -0.4 is 0 Å². The zero-order chi connectivity index (χ0) is 14.1. The van der Waals surface area contributed by atoms with E-state index in [-0.39, 0.29) is 5.41 Å². The Labute approximate surface area is 117 Å². The lowest BCUT2D eigenvalue weighted by Gasteiger charge is -2.35. The molecular formula is C17H24N2. The zero-order valence-corrected chi connectivity index (χ0v) is 11.8. The molecule has 1 heterocycles. The van der Waals surface area contributed by atoms with E-state index >= 15 is 0 Å². The fourth-order valence-corrected chi connectivity index (χ4v) is 2.45. The number of likely N-dealkylation sites (tertiary alicyclic amines) is 1. The van der Waals surface area contributed by atoms with Gasteiger partial charge in [-0.15, -0.1) is 6.58 Å². The Morgan fingerprint density at radius 2 is 1.95 bits per heavy atom. The van der Waals surface area contributed by atoms with E-state index in [1.165, 1.54) is 5.57 Å². The highest BCUT2D eigenvalue weighted by atomic mass is 15.1. The second-order valence-corrected chi connectivity index (χ2v) is 5.10. The highest BCUT2D eigenvalue weighted by Crippen LogP contribution is 2.31. The SMILES string of the molecule is C=C/C=C(\C=C)CCCN1CCC(C#N)(C=C)CC1. The van der Waals surface area contributed by atoms with E-state index in [1.54, 1.807) is 0 Å². The van der Waals surface area contributed by atoms with Crippen molar-refractivity contribution in [2.45, 2.75) is 25.7 Å². The Morgan fingerprint density at radius 1 is 1.26 bits per heavy atom. The van der Waals surface area contributed by atoms with E-state index in [0.29, 0.717) is 0 Å². The number of piperidine rings is 1. The van der Waals surface area contributed by atoms with Crippen molar-refractivity contribution >= 4 is 0 Å². The summed E-state index contributed by atoms with van der Waals surface area (Å²) in [5.74, 6) is 0. The molecule has 0 radical (unpaired) electrons. The molecule has 0 aromatic carbocycles. The second-order valence-electron chi connectivity index (χ2n) is 5.10.